The molecule has 29 heavy (non-hydrogen) atoms. The number of nitrogens with zero attached hydrogens (tertiary/aromatic N) is 2. The van der Waals surface area contributed by atoms with E-state index >= 15 is 0 Å². The first-order valence-electron chi connectivity index (χ1n) is 9.70. The summed E-state index contributed by atoms with van der Waals surface area (Å²) in [4.78, 5) is 24.5. The van der Waals surface area contributed by atoms with Gasteiger partial charge in [-0.2, -0.15) is 0 Å². The molecule has 0 radical (unpaired) electrons. The molecule has 1 aromatic heterocycles. The lowest BCUT2D eigenvalue weighted by Gasteiger charge is -2.22. The molecule has 1 heterocycles. The van der Waals surface area contributed by atoms with Crippen molar-refractivity contribution in [2.45, 2.75) is 47.6 Å². The molecule has 0 saturated heterocycles. The van der Waals surface area contributed by atoms with E-state index in [-0.39, 0.29) is 18.1 Å². The van der Waals surface area contributed by atoms with Gasteiger partial charge in [0.2, 0.25) is 10.0 Å². The molecule has 0 saturated carbocycles. The fourth-order valence-electron chi connectivity index (χ4n) is 3.29. The van der Waals surface area contributed by atoms with Gasteiger partial charge in [-0.25, -0.2) is 8.42 Å². The number of carbonyl (C=O) groups is 2. The van der Waals surface area contributed by atoms with Crippen LogP contribution in [0.15, 0.2) is 30.3 Å². The number of ketones is 2. The first kappa shape index (κ1) is 22.9. The lowest BCUT2D eigenvalue weighted by Crippen LogP contribution is -2.35. The second-order valence-electron chi connectivity index (χ2n) is 7.91. The molecular formula is C22H30N2O4S. The minimum absolute atomic E-state index is 0.104. The zero-order valence-electron chi connectivity index (χ0n) is 18.0. The summed E-state index contributed by atoms with van der Waals surface area (Å²) < 4.78 is 27.9. The largest absolute Gasteiger partial charge is 0.348 e. The Bertz CT molecular complexity index is 1000. The van der Waals surface area contributed by atoms with E-state index in [0.717, 1.165) is 34.9 Å². The van der Waals surface area contributed by atoms with Crippen molar-refractivity contribution in [2.75, 3.05) is 17.1 Å². The Balaban J connectivity index is 2.32. The molecule has 0 aliphatic carbocycles. The predicted molar refractivity (Wildman–Crippen MR) is 116 cm³/mol. The maximum Gasteiger partial charge on any atom is 0.232 e. The summed E-state index contributed by atoms with van der Waals surface area (Å²) in [5.41, 5.74) is 3.23. The molecular weight excluding hydrogens is 388 g/mol. The van der Waals surface area contributed by atoms with Crippen LogP contribution in [0.25, 0.3) is 0 Å². The highest BCUT2D eigenvalue weighted by Crippen LogP contribution is 2.22. The minimum atomic E-state index is -3.67. The van der Waals surface area contributed by atoms with Crippen molar-refractivity contribution in [3.05, 3.63) is 52.8 Å². The van der Waals surface area contributed by atoms with Crippen molar-refractivity contribution in [2.24, 2.45) is 5.92 Å². The predicted octanol–water partition coefficient (Wildman–Crippen LogP) is 4.00. The molecule has 1 aromatic carbocycles. The molecule has 0 N–H and O–H groups in total. The molecule has 2 aromatic rings. The Kier molecular flexibility index (Phi) is 7.06. The van der Waals surface area contributed by atoms with E-state index in [4.69, 9.17) is 0 Å². The lowest BCUT2D eigenvalue weighted by molar-refractivity contribution is 0.0997. The van der Waals surface area contributed by atoms with Gasteiger partial charge in [0.05, 0.1) is 18.5 Å². The van der Waals surface area contributed by atoms with E-state index in [9.17, 15) is 18.0 Å². The number of hydrogen-bond acceptors (Lipinski definition) is 4. The first-order chi connectivity index (χ1) is 13.4. The summed E-state index contributed by atoms with van der Waals surface area (Å²) in [5, 5.41) is 0. The average molecular weight is 419 g/mol. The molecule has 0 bridgehead atoms. The van der Waals surface area contributed by atoms with Crippen LogP contribution in [0, 0.1) is 19.8 Å². The molecule has 6 nitrogen and oxygen atoms in total. The summed E-state index contributed by atoms with van der Waals surface area (Å²) in [7, 11) is -3.67. The van der Waals surface area contributed by atoms with E-state index in [1.807, 2.05) is 19.9 Å². The Morgan fingerprint density at radius 3 is 2.17 bits per heavy atom. The number of Topliss-reactive ketones (excluding diaryl/α,β-unsaturated/α-hetero) is 2. The minimum Gasteiger partial charge on any atom is -0.348 e. The van der Waals surface area contributed by atoms with E-state index in [0.29, 0.717) is 22.7 Å². The van der Waals surface area contributed by atoms with Gasteiger partial charge in [0.1, 0.15) is 0 Å². The summed E-state index contributed by atoms with van der Waals surface area (Å²) in [5.74, 6) is 0.191. The number of hydrogen-bond donors (Lipinski definition) is 0. The summed E-state index contributed by atoms with van der Waals surface area (Å²) in [6.07, 6.45) is 2.08. The van der Waals surface area contributed by atoms with Crippen LogP contribution in [0.1, 0.15) is 59.3 Å². The van der Waals surface area contributed by atoms with E-state index in [1.54, 1.807) is 24.3 Å². The summed E-state index contributed by atoms with van der Waals surface area (Å²) in [6, 6.07) is 8.07. The van der Waals surface area contributed by atoms with E-state index in [1.165, 1.54) is 6.92 Å². The standard InChI is InChI=1S/C22H30N2O4S/c1-15(2)11-12-23-16(3)13-21(17(23)4)22(26)14-24(29(6,27)28)20-9-7-19(8-10-20)18(5)25/h7-10,13,15H,11-12,14H2,1-6H3. The zero-order chi connectivity index (χ0) is 21.9. The SMILES string of the molecule is CC(=O)c1ccc(N(CC(=O)c2cc(C)n(CCC(C)C)c2C)S(C)(=O)=O)cc1. The van der Waals surface area contributed by atoms with Gasteiger partial charge in [-0.1, -0.05) is 13.8 Å². The second-order valence-corrected chi connectivity index (χ2v) is 9.82. The highest BCUT2D eigenvalue weighted by molar-refractivity contribution is 7.92. The van der Waals surface area contributed by atoms with Gasteiger partial charge in [0, 0.05) is 29.1 Å². The van der Waals surface area contributed by atoms with Crippen LogP contribution < -0.4 is 4.31 Å². The fraction of sp³-hybridized carbons (Fsp3) is 0.455. The van der Waals surface area contributed by atoms with Crippen LogP contribution >= 0.6 is 0 Å². The Morgan fingerprint density at radius 1 is 1.10 bits per heavy atom. The Hall–Kier alpha value is -2.41. The van der Waals surface area contributed by atoms with Crippen LogP contribution in [-0.4, -0.2) is 37.4 Å². The first-order valence-corrected chi connectivity index (χ1v) is 11.5. The third-order valence-electron chi connectivity index (χ3n) is 5.05. The third kappa shape index (κ3) is 5.56. The smallest absolute Gasteiger partial charge is 0.232 e. The van der Waals surface area contributed by atoms with Gasteiger partial charge in [0.15, 0.2) is 11.6 Å². The summed E-state index contributed by atoms with van der Waals surface area (Å²) >= 11 is 0. The fourth-order valence-corrected chi connectivity index (χ4v) is 4.15. The van der Waals surface area contributed by atoms with Crippen LogP contribution in [0.2, 0.25) is 0 Å². The molecule has 0 fully saturated rings. The van der Waals surface area contributed by atoms with Crippen molar-refractivity contribution >= 4 is 27.3 Å². The number of sulfonamides is 1. The third-order valence-corrected chi connectivity index (χ3v) is 6.19. The van der Waals surface area contributed by atoms with E-state index in [2.05, 4.69) is 18.4 Å². The van der Waals surface area contributed by atoms with Gasteiger partial charge in [0.25, 0.3) is 0 Å². The van der Waals surface area contributed by atoms with Crippen LogP contribution in [0.4, 0.5) is 5.69 Å². The van der Waals surface area contributed by atoms with Gasteiger partial charge < -0.3 is 4.57 Å². The topological polar surface area (TPSA) is 76.5 Å². The normalized spacial score (nSPS) is 11.7. The number of aromatic nitrogens is 1. The highest BCUT2D eigenvalue weighted by Gasteiger charge is 2.24. The van der Waals surface area contributed by atoms with E-state index < -0.39 is 10.0 Å². The van der Waals surface area contributed by atoms with Crippen LogP contribution in [-0.2, 0) is 16.6 Å². The molecule has 0 unspecified atom stereocenters. The number of anilines is 1. The molecule has 0 aliphatic rings. The molecule has 2 rings (SSSR count). The number of benzene rings is 1. The molecule has 0 aliphatic heterocycles. The maximum atomic E-state index is 13.0. The van der Waals surface area contributed by atoms with Crippen molar-refractivity contribution < 1.29 is 18.0 Å². The Labute approximate surface area is 173 Å². The van der Waals surface area contributed by atoms with Crippen molar-refractivity contribution in [3.8, 4) is 0 Å². The van der Waals surface area contributed by atoms with Crippen molar-refractivity contribution in [3.63, 3.8) is 0 Å². The quantitative estimate of drug-likeness (QED) is 0.577. The summed E-state index contributed by atoms with van der Waals surface area (Å²) in [6.45, 7) is 10.1. The van der Waals surface area contributed by atoms with Crippen molar-refractivity contribution in [1.29, 1.82) is 0 Å². The molecule has 0 atom stereocenters. The van der Waals surface area contributed by atoms with Crippen LogP contribution in [0.5, 0.6) is 0 Å². The molecule has 0 spiro atoms. The molecule has 7 heteroatoms. The average Bonchev–Trinajstić information content (AvgIpc) is 2.91. The second kappa shape index (κ2) is 8.95. The maximum absolute atomic E-state index is 13.0. The highest BCUT2D eigenvalue weighted by atomic mass is 32.2. The van der Waals surface area contributed by atoms with Gasteiger partial charge in [-0.15, -0.1) is 0 Å². The molecule has 0 amide bonds. The van der Waals surface area contributed by atoms with Gasteiger partial charge in [-0.3, -0.25) is 13.9 Å². The monoisotopic (exact) mass is 418 g/mol. The number of aryl methyl sites for hydroxylation is 1. The Morgan fingerprint density at radius 2 is 1.69 bits per heavy atom. The zero-order valence-corrected chi connectivity index (χ0v) is 18.8. The number of rotatable bonds is 9. The molecule has 158 valence electrons. The van der Waals surface area contributed by atoms with Gasteiger partial charge >= 0.3 is 0 Å². The van der Waals surface area contributed by atoms with Crippen LogP contribution in [0.3, 0.4) is 0 Å². The lowest BCUT2D eigenvalue weighted by atomic mass is 10.1. The number of carbonyl (C=O) groups excluding carboxylic acids is 2. The van der Waals surface area contributed by atoms with Crippen molar-refractivity contribution in [1.82, 2.24) is 4.57 Å². The van der Waals surface area contributed by atoms with Gasteiger partial charge in [-0.05, 0) is 63.4 Å².